The molecule has 7 nitrogen and oxygen atoms in total. The Bertz CT molecular complexity index is 503. The van der Waals surface area contributed by atoms with Crippen molar-refractivity contribution in [1.82, 2.24) is 0 Å². The van der Waals surface area contributed by atoms with Crippen molar-refractivity contribution in [3.8, 4) is 0 Å². The predicted octanol–water partition coefficient (Wildman–Crippen LogP) is 1.53. The number of ether oxygens (including phenoxy) is 1. The van der Waals surface area contributed by atoms with Crippen LogP contribution in [0.5, 0.6) is 0 Å². The molecule has 0 aromatic carbocycles. The number of rotatable bonds is 14. The van der Waals surface area contributed by atoms with E-state index in [9.17, 15) is 29.4 Å². The minimum atomic E-state index is -0.871. The third-order valence-electron chi connectivity index (χ3n) is 4.94. The third kappa shape index (κ3) is 8.69. The molecule has 1 aliphatic rings. The van der Waals surface area contributed by atoms with Crippen molar-refractivity contribution >= 4 is 25.1 Å². The molecular weight excluding hydrogens is 352 g/mol. The van der Waals surface area contributed by atoms with Gasteiger partial charge in [0.1, 0.15) is 25.1 Å². The Morgan fingerprint density at radius 3 is 2.44 bits per heavy atom. The second-order valence-corrected chi connectivity index (χ2v) is 7.00. The summed E-state index contributed by atoms with van der Waals surface area (Å²) in [6.07, 6.45) is 6.75. The van der Waals surface area contributed by atoms with Crippen LogP contribution in [0.1, 0.15) is 57.8 Å². The number of allylic oxidation sites excluding steroid dienone is 2. The van der Waals surface area contributed by atoms with Crippen LogP contribution in [0, 0.1) is 11.8 Å². The first-order valence-corrected chi connectivity index (χ1v) is 9.55. The van der Waals surface area contributed by atoms with Crippen LogP contribution >= 0.6 is 0 Å². The fourth-order valence-electron chi connectivity index (χ4n) is 3.30. The van der Waals surface area contributed by atoms with Crippen molar-refractivity contribution in [3.63, 3.8) is 0 Å². The van der Waals surface area contributed by atoms with Crippen LogP contribution < -0.4 is 0 Å². The van der Waals surface area contributed by atoms with Crippen LogP contribution in [0.4, 0.5) is 0 Å². The van der Waals surface area contributed by atoms with E-state index in [0.29, 0.717) is 63.1 Å². The molecule has 152 valence electrons. The van der Waals surface area contributed by atoms with Gasteiger partial charge in [0, 0.05) is 18.3 Å². The number of unbranched alkanes of at least 4 members (excludes halogenated alkanes) is 1. The van der Waals surface area contributed by atoms with Crippen molar-refractivity contribution in [2.45, 2.75) is 76.3 Å². The highest BCUT2D eigenvalue weighted by Crippen LogP contribution is 2.26. The molecule has 0 aromatic heterocycles. The largest absolute Gasteiger partial charge is 0.392 e. The molecule has 0 amide bonds. The molecular formula is C20H30O7. The minimum absolute atomic E-state index is 0.220. The van der Waals surface area contributed by atoms with E-state index < -0.39 is 30.3 Å². The van der Waals surface area contributed by atoms with Gasteiger partial charge in [-0.3, -0.25) is 4.79 Å². The molecule has 1 rings (SSSR count). The van der Waals surface area contributed by atoms with Crippen LogP contribution in [0.3, 0.4) is 0 Å². The van der Waals surface area contributed by atoms with Crippen molar-refractivity contribution < 1.29 is 34.1 Å². The lowest BCUT2D eigenvalue weighted by Gasteiger charge is -2.30. The topological polar surface area (TPSA) is 118 Å². The Balaban J connectivity index is 2.54. The molecule has 0 saturated carbocycles. The molecule has 0 aliphatic carbocycles. The molecule has 1 fully saturated rings. The summed E-state index contributed by atoms with van der Waals surface area (Å²) in [6.45, 7) is 0. The number of carbonyl (C=O) groups excluding carboxylic acids is 4. The molecule has 1 heterocycles. The van der Waals surface area contributed by atoms with E-state index >= 15 is 0 Å². The Kier molecular flexibility index (Phi) is 11.6. The lowest BCUT2D eigenvalue weighted by atomic mass is 9.89. The fraction of sp³-hybridized carbons (Fsp3) is 0.700. The van der Waals surface area contributed by atoms with Gasteiger partial charge in [0.05, 0.1) is 12.2 Å². The zero-order chi connectivity index (χ0) is 20.1. The summed E-state index contributed by atoms with van der Waals surface area (Å²) in [5.74, 6) is -1.06. The number of hydrogen-bond donors (Lipinski definition) is 2. The van der Waals surface area contributed by atoms with Crippen LogP contribution in [0.2, 0.25) is 0 Å². The van der Waals surface area contributed by atoms with Gasteiger partial charge in [0.25, 0.3) is 0 Å². The normalized spacial score (nSPS) is 23.9. The number of aldehydes is 4. The smallest absolute Gasteiger partial charge is 0.154 e. The average Bonchev–Trinajstić information content (AvgIpc) is 2.67. The Morgan fingerprint density at radius 1 is 1.07 bits per heavy atom. The summed E-state index contributed by atoms with van der Waals surface area (Å²) in [5, 5.41) is 19.6. The molecule has 1 saturated heterocycles. The monoisotopic (exact) mass is 382 g/mol. The average molecular weight is 382 g/mol. The predicted molar refractivity (Wildman–Crippen MR) is 97.8 cm³/mol. The SMILES string of the molecule is O=CCCCC(O)C(C=O)CC/C=C(/C=O)CC(C=O)C1CCCC(O)O1. The molecule has 1 aliphatic heterocycles. The van der Waals surface area contributed by atoms with Gasteiger partial charge in [-0.05, 0) is 56.9 Å². The van der Waals surface area contributed by atoms with Crippen molar-refractivity contribution in [1.29, 1.82) is 0 Å². The molecule has 5 atom stereocenters. The maximum absolute atomic E-state index is 11.4. The summed E-state index contributed by atoms with van der Waals surface area (Å²) >= 11 is 0. The van der Waals surface area contributed by atoms with E-state index in [0.717, 1.165) is 19.0 Å². The standard InChI is InChI=1S/C20H30O7/c21-10-2-1-7-18(25)16(13-23)6-3-5-15(12-22)11-17(14-24)19-8-4-9-20(26)27-19/h5,10,12-14,16-20,25-26H,1-4,6-9,11H2/b15-5+. The van der Waals surface area contributed by atoms with Crippen LogP contribution in [-0.4, -0.2) is 53.9 Å². The maximum Gasteiger partial charge on any atom is 0.154 e. The van der Waals surface area contributed by atoms with E-state index in [1.807, 2.05) is 0 Å². The number of aliphatic hydroxyl groups is 2. The van der Waals surface area contributed by atoms with E-state index in [2.05, 4.69) is 0 Å². The first-order chi connectivity index (χ1) is 13.0. The minimum Gasteiger partial charge on any atom is -0.392 e. The van der Waals surface area contributed by atoms with Gasteiger partial charge in [-0.15, -0.1) is 0 Å². The summed E-state index contributed by atoms with van der Waals surface area (Å²) in [4.78, 5) is 44.2. The van der Waals surface area contributed by atoms with Gasteiger partial charge in [-0.25, -0.2) is 0 Å². The van der Waals surface area contributed by atoms with Gasteiger partial charge >= 0.3 is 0 Å². The van der Waals surface area contributed by atoms with Crippen molar-refractivity contribution in [2.75, 3.05) is 0 Å². The van der Waals surface area contributed by atoms with Crippen LogP contribution in [0.25, 0.3) is 0 Å². The molecule has 27 heavy (non-hydrogen) atoms. The summed E-state index contributed by atoms with van der Waals surface area (Å²) in [7, 11) is 0. The van der Waals surface area contributed by atoms with Gasteiger partial charge < -0.3 is 29.3 Å². The lowest BCUT2D eigenvalue weighted by molar-refractivity contribution is -0.177. The molecule has 2 N–H and O–H groups in total. The summed E-state index contributed by atoms with van der Waals surface area (Å²) in [5.41, 5.74) is 0.441. The molecule has 7 heteroatoms. The van der Waals surface area contributed by atoms with Crippen molar-refractivity contribution in [3.05, 3.63) is 11.6 Å². The molecule has 0 spiro atoms. The van der Waals surface area contributed by atoms with E-state index in [4.69, 9.17) is 4.74 Å². The van der Waals surface area contributed by atoms with Gasteiger partial charge in [0.15, 0.2) is 6.29 Å². The highest BCUT2D eigenvalue weighted by atomic mass is 16.6. The first kappa shape index (κ1) is 23.3. The maximum atomic E-state index is 11.4. The highest BCUT2D eigenvalue weighted by molar-refractivity contribution is 5.74. The van der Waals surface area contributed by atoms with E-state index in [1.54, 1.807) is 6.08 Å². The van der Waals surface area contributed by atoms with Gasteiger partial charge in [-0.1, -0.05) is 6.08 Å². The first-order valence-electron chi connectivity index (χ1n) is 9.55. The zero-order valence-electron chi connectivity index (χ0n) is 15.6. The Labute approximate surface area is 159 Å². The van der Waals surface area contributed by atoms with Crippen molar-refractivity contribution in [2.24, 2.45) is 11.8 Å². The molecule has 0 bridgehead atoms. The number of hydrogen-bond acceptors (Lipinski definition) is 7. The highest BCUT2D eigenvalue weighted by Gasteiger charge is 2.28. The summed E-state index contributed by atoms with van der Waals surface area (Å²) in [6, 6.07) is 0. The fourth-order valence-corrected chi connectivity index (χ4v) is 3.30. The Hall–Kier alpha value is -1.70. The van der Waals surface area contributed by atoms with E-state index in [-0.39, 0.29) is 6.42 Å². The molecule has 0 aromatic rings. The second-order valence-electron chi connectivity index (χ2n) is 7.00. The Morgan fingerprint density at radius 2 is 1.85 bits per heavy atom. The van der Waals surface area contributed by atoms with Gasteiger partial charge in [-0.2, -0.15) is 0 Å². The molecule has 5 unspecified atom stereocenters. The van der Waals surface area contributed by atoms with E-state index in [1.165, 1.54) is 0 Å². The second kappa shape index (κ2) is 13.5. The number of carbonyl (C=O) groups is 4. The van der Waals surface area contributed by atoms with Gasteiger partial charge in [0.2, 0.25) is 0 Å². The zero-order valence-corrected chi connectivity index (χ0v) is 15.6. The number of aliphatic hydroxyl groups excluding tert-OH is 2. The third-order valence-corrected chi connectivity index (χ3v) is 4.94. The lowest BCUT2D eigenvalue weighted by Crippen LogP contribution is -2.34. The van der Waals surface area contributed by atoms with Crippen LogP contribution in [0.15, 0.2) is 11.6 Å². The quantitative estimate of drug-likeness (QED) is 0.266. The van der Waals surface area contributed by atoms with Crippen LogP contribution in [-0.2, 0) is 23.9 Å². The molecule has 0 radical (unpaired) electrons. The summed E-state index contributed by atoms with van der Waals surface area (Å²) < 4.78 is 5.40.